The average Bonchev–Trinajstić information content (AvgIpc) is 2.92. The number of sulfone groups is 1. The molecule has 0 fully saturated rings. The highest BCUT2D eigenvalue weighted by Crippen LogP contribution is 2.24. The zero-order valence-corrected chi connectivity index (χ0v) is 13.5. The summed E-state index contributed by atoms with van der Waals surface area (Å²) in [5.41, 5.74) is 0. The van der Waals surface area contributed by atoms with Crippen molar-refractivity contribution in [1.82, 2.24) is 4.90 Å². The topological polar surface area (TPSA) is 54.5 Å². The zero-order valence-electron chi connectivity index (χ0n) is 11.1. The Kier molecular flexibility index (Phi) is 4.88. The average molecular weight is 334 g/mol. The highest BCUT2D eigenvalue weighted by atomic mass is 35.5. The number of carbonyl (C=O) groups is 1. The van der Waals surface area contributed by atoms with E-state index in [-0.39, 0.29) is 24.0 Å². The molecule has 1 amide bonds. The predicted octanol–water partition coefficient (Wildman–Crippen LogP) is 2.70. The molecule has 1 aromatic rings. The highest BCUT2D eigenvalue weighted by molar-refractivity contribution is 7.94. The van der Waals surface area contributed by atoms with Crippen LogP contribution in [0.3, 0.4) is 0 Å². The van der Waals surface area contributed by atoms with Gasteiger partial charge in [-0.05, 0) is 19.1 Å². The van der Waals surface area contributed by atoms with Crippen molar-refractivity contribution in [2.75, 3.05) is 12.3 Å². The van der Waals surface area contributed by atoms with Crippen LogP contribution in [0.25, 0.3) is 0 Å². The van der Waals surface area contributed by atoms with E-state index in [0.29, 0.717) is 17.4 Å². The van der Waals surface area contributed by atoms with Gasteiger partial charge in [0.1, 0.15) is 0 Å². The van der Waals surface area contributed by atoms with Gasteiger partial charge in [0.2, 0.25) is 5.91 Å². The lowest BCUT2D eigenvalue weighted by Crippen LogP contribution is -2.31. The van der Waals surface area contributed by atoms with Gasteiger partial charge in [-0.3, -0.25) is 4.79 Å². The molecule has 1 aromatic heterocycles. The monoisotopic (exact) mass is 333 g/mol. The summed E-state index contributed by atoms with van der Waals surface area (Å²) in [6, 6.07) is 3.72. The minimum Gasteiger partial charge on any atom is -0.338 e. The SMILES string of the molecule is CCN(Cc1ccc(Cl)s1)C(=O)CC1C=CS(=O)(=O)C1. The van der Waals surface area contributed by atoms with E-state index < -0.39 is 9.84 Å². The van der Waals surface area contributed by atoms with Gasteiger partial charge < -0.3 is 4.90 Å². The molecule has 1 aliphatic heterocycles. The van der Waals surface area contributed by atoms with Crippen LogP contribution in [0.2, 0.25) is 4.34 Å². The molecule has 2 heterocycles. The molecular formula is C13H16ClNO3S2. The van der Waals surface area contributed by atoms with Gasteiger partial charge in [0.25, 0.3) is 0 Å². The number of carbonyl (C=O) groups excluding carboxylic acids is 1. The van der Waals surface area contributed by atoms with E-state index in [9.17, 15) is 13.2 Å². The summed E-state index contributed by atoms with van der Waals surface area (Å²) in [5.74, 6) is -0.182. The molecule has 0 aromatic carbocycles. The Balaban J connectivity index is 1.94. The second-order valence-corrected chi connectivity index (χ2v) is 8.47. The lowest BCUT2D eigenvalue weighted by Gasteiger charge is -2.21. The van der Waals surface area contributed by atoms with E-state index >= 15 is 0 Å². The van der Waals surface area contributed by atoms with Crippen LogP contribution in [0, 0.1) is 5.92 Å². The van der Waals surface area contributed by atoms with E-state index in [1.54, 1.807) is 11.0 Å². The zero-order chi connectivity index (χ0) is 14.8. The minimum absolute atomic E-state index is 0.0243. The number of halogens is 1. The summed E-state index contributed by atoms with van der Waals surface area (Å²) in [7, 11) is -3.10. The van der Waals surface area contributed by atoms with Crippen molar-refractivity contribution in [3.8, 4) is 0 Å². The molecule has 7 heteroatoms. The Labute approximate surface area is 128 Å². The summed E-state index contributed by atoms with van der Waals surface area (Å²) in [4.78, 5) is 15.0. The van der Waals surface area contributed by atoms with Gasteiger partial charge in [-0.25, -0.2) is 8.42 Å². The third-order valence-corrected chi connectivity index (χ3v) is 5.83. The Morgan fingerprint density at radius 3 is 2.75 bits per heavy atom. The Morgan fingerprint density at radius 1 is 1.50 bits per heavy atom. The van der Waals surface area contributed by atoms with Gasteiger partial charge in [0.15, 0.2) is 9.84 Å². The molecule has 0 N–H and O–H groups in total. The van der Waals surface area contributed by atoms with E-state index in [1.807, 2.05) is 19.1 Å². The van der Waals surface area contributed by atoms with Crippen molar-refractivity contribution in [2.24, 2.45) is 5.92 Å². The lowest BCUT2D eigenvalue weighted by atomic mass is 10.1. The summed E-state index contributed by atoms with van der Waals surface area (Å²) in [6.07, 6.45) is 1.85. The van der Waals surface area contributed by atoms with Crippen LogP contribution in [0.4, 0.5) is 0 Å². The molecule has 0 radical (unpaired) electrons. The van der Waals surface area contributed by atoms with Gasteiger partial charge in [0, 0.05) is 29.2 Å². The normalized spacial score (nSPS) is 20.2. The van der Waals surface area contributed by atoms with E-state index in [1.165, 1.54) is 16.7 Å². The molecule has 0 aliphatic carbocycles. The predicted molar refractivity (Wildman–Crippen MR) is 81.5 cm³/mol. The fourth-order valence-electron chi connectivity index (χ4n) is 2.12. The van der Waals surface area contributed by atoms with Crippen LogP contribution in [-0.2, 0) is 21.2 Å². The second-order valence-electron chi connectivity index (χ2n) is 4.74. The minimum atomic E-state index is -3.10. The molecular weight excluding hydrogens is 318 g/mol. The Bertz CT molecular complexity index is 621. The van der Waals surface area contributed by atoms with Crippen LogP contribution < -0.4 is 0 Å². The summed E-state index contributed by atoms with van der Waals surface area (Å²) in [5, 5.41) is 1.21. The molecule has 4 nitrogen and oxygen atoms in total. The summed E-state index contributed by atoms with van der Waals surface area (Å²) >= 11 is 7.33. The first-order valence-electron chi connectivity index (χ1n) is 6.32. The third kappa shape index (κ3) is 4.07. The first-order valence-corrected chi connectivity index (χ1v) is 9.23. The molecule has 1 unspecified atom stereocenters. The van der Waals surface area contributed by atoms with Crippen LogP contribution in [0.5, 0.6) is 0 Å². The van der Waals surface area contributed by atoms with Crippen molar-refractivity contribution in [1.29, 1.82) is 0 Å². The molecule has 0 spiro atoms. The third-order valence-electron chi connectivity index (χ3n) is 3.15. The second kappa shape index (κ2) is 6.28. The molecule has 0 saturated heterocycles. The smallest absolute Gasteiger partial charge is 0.223 e. The van der Waals surface area contributed by atoms with Gasteiger partial charge >= 0.3 is 0 Å². The Morgan fingerprint density at radius 2 is 2.25 bits per heavy atom. The maximum Gasteiger partial charge on any atom is 0.223 e. The first-order chi connectivity index (χ1) is 9.39. The van der Waals surface area contributed by atoms with Crippen molar-refractivity contribution in [3.05, 3.63) is 32.8 Å². The number of hydrogen-bond donors (Lipinski definition) is 0. The number of amides is 1. The standard InChI is InChI=1S/C13H16ClNO3S2/c1-2-15(8-11-3-4-12(14)19-11)13(16)7-10-5-6-20(17,18)9-10/h3-6,10H,2,7-9H2,1H3. The maximum atomic E-state index is 12.2. The van der Waals surface area contributed by atoms with Gasteiger partial charge in [0.05, 0.1) is 16.6 Å². The molecule has 110 valence electrons. The quantitative estimate of drug-likeness (QED) is 0.832. The summed E-state index contributed by atoms with van der Waals surface area (Å²) < 4.78 is 23.4. The van der Waals surface area contributed by atoms with E-state index in [4.69, 9.17) is 11.6 Å². The van der Waals surface area contributed by atoms with Crippen molar-refractivity contribution in [3.63, 3.8) is 0 Å². The van der Waals surface area contributed by atoms with Gasteiger partial charge in [-0.2, -0.15) is 0 Å². The van der Waals surface area contributed by atoms with Gasteiger partial charge in [-0.15, -0.1) is 11.3 Å². The van der Waals surface area contributed by atoms with Gasteiger partial charge in [-0.1, -0.05) is 17.7 Å². The number of allylic oxidation sites excluding steroid dienone is 1. The number of hydrogen-bond acceptors (Lipinski definition) is 4. The van der Waals surface area contributed by atoms with E-state index in [0.717, 1.165) is 4.88 Å². The highest BCUT2D eigenvalue weighted by Gasteiger charge is 2.25. The maximum absolute atomic E-state index is 12.2. The fraction of sp³-hybridized carbons (Fsp3) is 0.462. The lowest BCUT2D eigenvalue weighted by molar-refractivity contribution is -0.132. The molecule has 1 atom stereocenters. The number of nitrogens with zero attached hydrogens (tertiary/aromatic N) is 1. The van der Waals surface area contributed by atoms with Crippen LogP contribution in [0.1, 0.15) is 18.2 Å². The molecule has 0 bridgehead atoms. The van der Waals surface area contributed by atoms with Crippen LogP contribution in [0.15, 0.2) is 23.6 Å². The Hall–Kier alpha value is -0.850. The van der Waals surface area contributed by atoms with E-state index in [2.05, 4.69) is 0 Å². The number of rotatable bonds is 5. The molecule has 2 rings (SSSR count). The fourth-order valence-corrected chi connectivity index (χ4v) is 4.62. The van der Waals surface area contributed by atoms with Crippen molar-refractivity contribution >= 4 is 38.7 Å². The van der Waals surface area contributed by atoms with Crippen molar-refractivity contribution < 1.29 is 13.2 Å². The van der Waals surface area contributed by atoms with Crippen molar-refractivity contribution in [2.45, 2.75) is 19.9 Å². The summed E-state index contributed by atoms with van der Waals surface area (Å²) in [6.45, 7) is 3.03. The molecule has 20 heavy (non-hydrogen) atoms. The van der Waals surface area contributed by atoms with Crippen LogP contribution >= 0.6 is 22.9 Å². The molecule has 0 saturated carbocycles. The molecule has 1 aliphatic rings. The number of thiophene rings is 1. The largest absolute Gasteiger partial charge is 0.338 e. The first kappa shape index (κ1) is 15.5. The van der Waals surface area contributed by atoms with Crippen LogP contribution in [-0.4, -0.2) is 31.5 Å².